The average molecular weight is 272 g/mol. The van der Waals surface area contributed by atoms with Crippen molar-refractivity contribution < 1.29 is 9.50 Å². The topological polar surface area (TPSA) is 23.5 Å². The minimum atomic E-state index is -0.357. The van der Waals surface area contributed by atoms with Gasteiger partial charge in [-0.3, -0.25) is 4.90 Å². The lowest BCUT2D eigenvalue weighted by atomic mass is 9.91. The van der Waals surface area contributed by atoms with Crippen LogP contribution in [0.2, 0.25) is 5.02 Å². The quantitative estimate of drug-likeness (QED) is 0.859. The number of rotatable bonds is 6. The Morgan fingerprint density at radius 2 is 2.17 bits per heavy atom. The zero-order valence-electron chi connectivity index (χ0n) is 10.4. The molecule has 0 radical (unpaired) electrons. The molecule has 0 unspecified atom stereocenters. The van der Waals surface area contributed by atoms with Crippen LogP contribution in [-0.2, 0) is 6.54 Å². The van der Waals surface area contributed by atoms with Gasteiger partial charge in [0.1, 0.15) is 5.82 Å². The molecule has 0 amide bonds. The summed E-state index contributed by atoms with van der Waals surface area (Å²) in [7, 11) is 0. The summed E-state index contributed by atoms with van der Waals surface area (Å²) >= 11 is 5.99. The van der Waals surface area contributed by atoms with Crippen LogP contribution in [0.3, 0.4) is 0 Å². The molecule has 0 aliphatic heterocycles. The molecule has 0 aromatic heterocycles. The van der Waals surface area contributed by atoms with E-state index in [0.717, 1.165) is 18.5 Å². The molecule has 1 aromatic carbocycles. The van der Waals surface area contributed by atoms with E-state index in [-0.39, 0.29) is 17.4 Å². The fraction of sp³-hybridized carbons (Fsp3) is 0.571. The van der Waals surface area contributed by atoms with Crippen LogP contribution >= 0.6 is 11.6 Å². The van der Waals surface area contributed by atoms with Crippen LogP contribution in [-0.4, -0.2) is 29.2 Å². The lowest BCUT2D eigenvalue weighted by Gasteiger charge is -2.37. The van der Waals surface area contributed by atoms with Gasteiger partial charge in [0.05, 0.1) is 5.02 Å². The highest BCUT2D eigenvalue weighted by atomic mass is 35.5. The number of aliphatic hydroxyl groups is 1. The van der Waals surface area contributed by atoms with E-state index in [0.29, 0.717) is 12.6 Å². The van der Waals surface area contributed by atoms with Crippen LogP contribution < -0.4 is 0 Å². The van der Waals surface area contributed by atoms with E-state index in [1.807, 2.05) is 6.07 Å². The van der Waals surface area contributed by atoms with Gasteiger partial charge in [0, 0.05) is 25.7 Å². The standard InChI is InChI=1S/C14H19ClFNO/c15-14-11(4-1-7-13(14)16)10-17(8-3-9-18)12-5-2-6-12/h1,4,7,12,18H,2-3,5-6,8-10H2. The molecule has 0 bridgehead atoms. The molecule has 100 valence electrons. The summed E-state index contributed by atoms with van der Waals surface area (Å²) in [6.07, 6.45) is 4.40. The Morgan fingerprint density at radius 3 is 2.78 bits per heavy atom. The third kappa shape index (κ3) is 3.22. The van der Waals surface area contributed by atoms with Gasteiger partial charge in [-0.05, 0) is 30.9 Å². The summed E-state index contributed by atoms with van der Waals surface area (Å²) in [6, 6.07) is 5.51. The minimum Gasteiger partial charge on any atom is -0.396 e. The molecule has 2 nitrogen and oxygen atoms in total. The minimum absolute atomic E-state index is 0.195. The van der Waals surface area contributed by atoms with Crippen LogP contribution in [0.1, 0.15) is 31.2 Å². The Balaban J connectivity index is 2.04. The van der Waals surface area contributed by atoms with Crippen LogP contribution in [0.25, 0.3) is 0 Å². The molecule has 1 aliphatic rings. The molecule has 0 saturated heterocycles. The van der Waals surface area contributed by atoms with Gasteiger partial charge in [-0.1, -0.05) is 30.2 Å². The zero-order chi connectivity index (χ0) is 13.0. The van der Waals surface area contributed by atoms with E-state index >= 15 is 0 Å². The number of nitrogens with zero attached hydrogens (tertiary/aromatic N) is 1. The lowest BCUT2D eigenvalue weighted by Crippen LogP contribution is -2.40. The SMILES string of the molecule is OCCCN(Cc1cccc(F)c1Cl)C1CCC1. The largest absolute Gasteiger partial charge is 0.396 e. The Bertz CT molecular complexity index is 395. The van der Waals surface area contributed by atoms with Crippen molar-refractivity contribution in [1.82, 2.24) is 4.90 Å². The number of aliphatic hydroxyl groups excluding tert-OH is 1. The maximum atomic E-state index is 13.4. The maximum Gasteiger partial charge on any atom is 0.142 e. The van der Waals surface area contributed by atoms with Crippen LogP contribution in [0.4, 0.5) is 4.39 Å². The fourth-order valence-electron chi connectivity index (χ4n) is 2.31. The molecule has 1 aromatic rings. The Kier molecular flexibility index (Phi) is 4.98. The predicted octanol–water partition coefficient (Wildman–Crippen LogP) is 3.22. The third-order valence-electron chi connectivity index (χ3n) is 3.60. The Labute approximate surface area is 112 Å². The molecule has 2 rings (SSSR count). The second-order valence-corrected chi connectivity index (χ2v) is 5.22. The van der Waals surface area contributed by atoms with E-state index in [9.17, 15) is 4.39 Å². The number of halogens is 2. The van der Waals surface area contributed by atoms with Gasteiger partial charge in [0.15, 0.2) is 0 Å². The van der Waals surface area contributed by atoms with E-state index in [1.165, 1.54) is 25.3 Å². The molecule has 0 spiro atoms. The third-order valence-corrected chi connectivity index (χ3v) is 4.02. The van der Waals surface area contributed by atoms with Gasteiger partial charge < -0.3 is 5.11 Å². The normalized spacial score (nSPS) is 16.0. The first-order chi connectivity index (χ1) is 8.72. The molecule has 1 saturated carbocycles. The van der Waals surface area contributed by atoms with Crippen molar-refractivity contribution >= 4 is 11.6 Å². The molecule has 1 N–H and O–H groups in total. The van der Waals surface area contributed by atoms with Crippen LogP contribution in [0.15, 0.2) is 18.2 Å². The van der Waals surface area contributed by atoms with E-state index in [4.69, 9.17) is 16.7 Å². The highest BCUT2D eigenvalue weighted by Crippen LogP contribution is 2.28. The van der Waals surface area contributed by atoms with Crippen LogP contribution in [0, 0.1) is 5.82 Å². The zero-order valence-corrected chi connectivity index (χ0v) is 11.2. The van der Waals surface area contributed by atoms with Crippen molar-refractivity contribution in [2.24, 2.45) is 0 Å². The molecular weight excluding hydrogens is 253 g/mol. The smallest absolute Gasteiger partial charge is 0.142 e. The molecule has 0 heterocycles. The van der Waals surface area contributed by atoms with Gasteiger partial charge in [-0.15, -0.1) is 0 Å². The second kappa shape index (κ2) is 6.50. The fourth-order valence-corrected chi connectivity index (χ4v) is 2.49. The summed E-state index contributed by atoms with van der Waals surface area (Å²) in [5.41, 5.74) is 0.835. The van der Waals surface area contributed by atoms with E-state index in [1.54, 1.807) is 6.07 Å². The first-order valence-corrected chi connectivity index (χ1v) is 6.88. The molecule has 0 atom stereocenters. The van der Waals surface area contributed by atoms with Gasteiger partial charge in [0.25, 0.3) is 0 Å². The van der Waals surface area contributed by atoms with Gasteiger partial charge in [-0.2, -0.15) is 0 Å². The van der Waals surface area contributed by atoms with Crippen molar-refractivity contribution in [3.63, 3.8) is 0 Å². The molecule has 4 heteroatoms. The van der Waals surface area contributed by atoms with Gasteiger partial charge >= 0.3 is 0 Å². The Hall–Kier alpha value is -0.640. The van der Waals surface area contributed by atoms with E-state index in [2.05, 4.69) is 4.90 Å². The van der Waals surface area contributed by atoms with Crippen molar-refractivity contribution in [2.75, 3.05) is 13.2 Å². The summed E-state index contributed by atoms with van der Waals surface area (Å²) in [5.74, 6) is -0.357. The first-order valence-electron chi connectivity index (χ1n) is 6.50. The number of hydrogen-bond acceptors (Lipinski definition) is 2. The van der Waals surface area contributed by atoms with Gasteiger partial charge in [-0.25, -0.2) is 4.39 Å². The van der Waals surface area contributed by atoms with Crippen molar-refractivity contribution in [3.05, 3.63) is 34.6 Å². The molecule has 1 fully saturated rings. The summed E-state index contributed by atoms with van der Waals surface area (Å²) in [6.45, 7) is 1.70. The average Bonchev–Trinajstić information content (AvgIpc) is 2.29. The lowest BCUT2D eigenvalue weighted by molar-refractivity contribution is 0.109. The molecular formula is C14H19ClFNO. The maximum absolute atomic E-state index is 13.4. The first kappa shape index (κ1) is 13.8. The highest BCUT2D eigenvalue weighted by Gasteiger charge is 2.25. The number of hydrogen-bond donors (Lipinski definition) is 1. The summed E-state index contributed by atoms with van der Waals surface area (Å²) < 4.78 is 13.4. The second-order valence-electron chi connectivity index (χ2n) is 4.85. The monoisotopic (exact) mass is 271 g/mol. The van der Waals surface area contributed by atoms with Gasteiger partial charge in [0.2, 0.25) is 0 Å². The summed E-state index contributed by atoms with van der Waals surface area (Å²) in [5, 5.41) is 9.17. The van der Waals surface area contributed by atoms with Crippen molar-refractivity contribution in [3.8, 4) is 0 Å². The predicted molar refractivity (Wildman–Crippen MR) is 71.2 cm³/mol. The van der Waals surface area contributed by atoms with Crippen LogP contribution in [0.5, 0.6) is 0 Å². The van der Waals surface area contributed by atoms with Crippen molar-refractivity contribution in [1.29, 1.82) is 0 Å². The summed E-state index contributed by atoms with van der Waals surface area (Å²) in [4.78, 5) is 2.31. The molecule has 1 aliphatic carbocycles. The number of benzene rings is 1. The van der Waals surface area contributed by atoms with E-state index < -0.39 is 0 Å². The Morgan fingerprint density at radius 1 is 1.39 bits per heavy atom. The van der Waals surface area contributed by atoms with Crippen molar-refractivity contribution in [2.45, 2.75) is 38.3 Å². The highest BCUT2D eigenvalue weighted by molar-refractivity contribution is 6.31. The molecule has 18 heavy (non-hydrogen) atoms.